The molecule has 1 saturated heterocycles. The van der Waals surface area contributed by atoms with Crippen LogP contribution in [0, 0.1) is 23.3 Å². The molecule has 132 valence electrons. The maximum absolute atomic E-state index is 14.0. The second kappa shape index (κ2) is 10.1. The Bertz CT molecular complexity index is 496. The number of rotatable bonds is 5. The Balaban J connectivity index is 0.00000242. The topological polar surface area (TPSA) is 15.3 Å². The third-order valence-electron chi connectivity index (χ3n) is 3.72. The SMILES string of the molecule is C=CCC[C@@H](c1c(F)c(F)cc(F)c1F)N1CCNCC1.Cl.Cl. The van der Waals surface area contributed by atoms with Gasteiger partial charge in [0, 0.05) is 43.9 Å². The molecule has 0 radical (unpaired) electrons. The summed E-state index contributed by atoms with van der Waals surface area (Å²) in [7, 11) is 0. The molecule has 0 aromatic heterocycles. The Labute approximate surface area is 145 Å². The van der Waals surface area contributed by atoms with Crippen molar-refractivity contribution < 1.29 is 17.6 Å². The van der Waals surface area contributed by atoms with Crippen LogP contribution in [0.1, 0.15) is 24.4 Å². The van der Waals surface area contributed by atoms with Crippen LogP contribution in [-0.2, 0) is 0 Å². The molecule has 1 aromatic carbocycles. The van der Waals surface area contributed by atoms with E-state index in [-0.39, 0.29) is 30.9 Å². The van der Waals surface area contributed by atoms with E-state index in [2.05, 4.69) is 11.9 Å². The van der Waals surface area contributed by atoms with E-state index in [1.165, 1.54) is 0 Å². The van der Waals surface area contributed by atoms with E-state index in [0.717, 1.165) is 0 Å². The van der Waals surface area contributed by atoms with Crippen molar-refractivity contribution >= 4 is 24.8 Å². The molecule has 1 aliphatic heterocycles. The number of allylic oxidation sites excluding steroid dienone is 1. The first-order valence-corrected chi connectivity index (χ1v) is 6.94. The maximum atomic E-state index is 14.0. The van der Waals surface area contributed by atoms with E-state index in [1.54, 1.807) is 6.08 Å². The van der Waals surface area contributed by atoms with Gasteiger partial charge in [-0.25, -0.2) is 17.6 Å². The van der Waals surface area contributed by atoms with Gasteiger partial charge in [-0.05, 0) is 12.8 Å². The summed E-state index contributed by atoms with van der Waals surface area (Å²) in [4.78, 5) is 1.85. The van der Waals surface area contributed by atoms with Gasteiger partial charge in [-0.1, -0.05) is 6.08 Å². The van der Waals surface area contributed by atoms with Crippen molar-refractivity contribution in [3.05, 3.63) is 47.6 Å². The van der Waals surface area contributed by atoms with Crippen molar-refractivity contribution in [2.24, 2.45) is 0 Å². The summed E-state index contributed by atoms with van der Waals surface area (Å²) in [5, 5.41) is 3.13. The Morgan fingerprint density at radius 1 is 1.09 bits per heavy atom. The molecule has 1 aromatic rings. The van der Waals surface area contributed by atoms with Gasteiger partial charge >= 0.3 is 0 Å². The van der Waals surface area contributed by atoms with Gasteiger partial charge in [0.2, 0.25) is 0 Å². The van der Waals surface area contributed by atoms with Gasteiger partial charge in [-0.15, -0.1) is 31.4 Å². The lowest BCUT2D eigenvalue weighted by Crippen LogP contribution is -2.45. The smallest absolute Gasteiger partial charge is 0.166 e. The molecule has 1 atom stereocenters. The fraction of sp³-hybridized carbons (Fsp3) is 0.467. The van der Waals surface area contributed by atoms with Crippen LogP contribution in [0.4, 0.5) is 17.6 Å². The fourth-order valence-electron chi connectivity index (χ4n) is 2.66. The highest BCUT2D eigenvalue weighted by atomic mass is 35.5. The molecular weight excluding hydrogens is 355 g/mol. The highest BCUT2D eigenvalue weighted by Crippen LogP contribution is 2.32. The predicted molar refractivity (Wildman–Crippen MR) is 87.4 cm³/mol. The van der Waals surface area contributed by atoms with E-state index in [0.29, 0.717) is 39.0 Å². The van der Waals surface area contributed by atoms with E-state index in [9.17, 15) is 17.6 Å². The molecule has 23 heavy (non-hydrogen) atoms. The second-order valence-corrected chi connectivity index (χ2v) is 5.05. The predicted octanol–water partition coefficient (Wildman–Crippen LogP) is 4.00. The van der Waals surface area contributed by atoms with Gasteiger partial charge in [0.15, 0.2) is 23.3 Å². The molecule has 0 unspecified atom stereocenters. The van der Waals surface area contributed by atoms with Crippen LogP contribution in [0.2, 0.25) is 0 Å². The highest BCUT2D eigenvalue weighted by Gasteiger charge is 2.30. The van der Waals surface area contributed by atoms with Crippen LogP contribution >= 0.6 is 24.8 Å². The first-order valence-electron chi connectivity index (χ1n) is 6.94. The lowest BCUT2D eigenvalue weighted by molar-refractivity contribution is 0.157. The average Bonchev–Trinajstić information content (AvgIpc) is 2.49. The molecule has 0 bridgehead atoms. The van der Waals surface area contributed by atoms with Crippen LogP contribution in [0.25, 0.3) is 0 Å². The molecule has 2 nitrogen and oxygen atoms in total. The summed E-state index contributed by atoms with van der Waals surface area (Å²) < 4.78 is 54.9. The van der Waals surface area contributed by atoms with Crippen LogP contribution in [-0.4, -0.2) is 31.1 Å². The van der Waals surface area contributed by atoms with E-state index < -0.39 is 34.9 Å². The summed E-state index contributed by atoms with van der Waals surface area (Å²) in [5.41, 5.74) is -0.517. The Morgan fingerprint density at radius 2 is 1.61 bits per heavy atom. The number of nitrogens with one attached hydrogen (secondary N) is 1. The van der Waals surface area contributed by atoms with Crippen molar-refractivity contribution in [3.63, 3.8) is 0 Å². The zero-order chi connectivity index (χ0) is 15.4. The molecule has 0 spiro atoms. The molecule has 0 amide bonds. The largest absolute Gasteiger partial charge is 0.314 e. The Hall–Kier alpha value is -0.820. The van der Waals surface area contributed by atoms with Gasteiger partial charge in [-0.3, -0.25) is 4.90 Å². The van der Waals surface area contributed by atoms with Gasteiger partial charge in [-0.2, -0.15) is 0 Å². The molecule has 0 saturated carbocycles. The standard InChI is InChI=1S/C15H18F4N2.2ClH/c1-2-3-4-12(21-7-5-20-6-8-21)13-14(18)10(16)9-11(17)15(13)19;;/h2,9,12,20H,1,3-8H2;2*1H/t12-;;/m0../s1. The lowest BCUT2D eigenvalue weighted by atomic mass is 9.97. The highest BCUT2D eigenvalue weighted by molar-refractivity contribution is 5.85. The number of piperazine rings is 1. The average molecular weight is 375 g/mol. The van der Waals surface area contributed by atoms with Gasteiger partial charge in [0.1, 0.15) is 0 Å². The molecule has 0 aliphatic carbocycles. The summed E-state index contributed by atoms with van der Waals surface area (Å²) in [6, 6.07) is -0.452. The van der Waals surface area contributed by atoms with Crippen molar-refractivity contribution in [1.29, 1.82) is 0 Å². The zero-order valence-electron chi connectivity index (χ0n) is 12.5. The third kappa shape index (κ3) is 5.08. The zero-order valence-corrected chi connectivity index (χ0v) is 14.1. The van der Waals surface area contributed by atoms with E-state index in [1.807, 2.05) is 4.90 Å². The normalized spacial score (nSPS) is 16.2. The molecule has 1 heterocycles. The van der Waals surface area contributed by atoms with Crippen molar-refractivity contribution in [1.82, 2.24) is 10.2 Å². The summed E-state index contributed by atoms with van der Waals surface area (Å²) in [5.74, 6) is -5.33. The third-order valence-corrected chi connectivity index (χ3v) is 3.72. The second-order valence-electron chi connectivity index (χ2n) is 5.05. The molecule has 8 heteroatoms. The molecule has 1 fully saturated rings. The first-order chi connectivity index (χ1) is 10.1. The summed E-state index contributed by atoms with van der Waals surface area (Å²) in [6.45, 7) is 6.07. The van der Waals surface area contributed by atoms with Gasteiger partial charge in [0.25, 0.3) is 0 Å². The summed E-state index contributed by atoms with van der Waals surface area (Å²) >= 11 is 0. The van der Waals surface area contributed by atoms with Crippen LogP contribution in [0.3, 0.4) is 0 Å². The summed E-state index contributed by atoms with van der Waals surface area (Å²) in [6.07, 6.45) is 2.49. The molecular formula is C15H20Cl2F4N2. The Morgan fingerprint density at radius 3 is 2.09 bits per heavy atom. The maximum Gasteiger partial charge on any atom is 0.166 e. The monoisotopic (exact) mass is 374 g/mol. The number of hydrogen-bond donors (Lipinski definition) is 1. The van der Waals surface area contributed by atoms with Crippen molar-refractivity contribution in [2.75, 3.05) is 26.2 Å². The minimum Gasteiger partial charge on any atom is -0.314 e. The molecule has 1 N–H and O–H groups in total. The first kappa shape index (κ1) is 22.2. The number of benzene rings is 1. The minimum absolute atomic E-state index is 0. The van der Waals surface area contributed by atoms with Crippen molar-refractivity contribution in [3.8, 4) is 0 Å². The molecule has 2 rings (SSSR count). The van der Waals surface area contributed by atoms with Crippen molar-refractivity contribution in [2.45, 2.75) is 18.9 Å². The van der Waals surface area contributed by atoms with Crippen LogP contribution < -0.4 is 5.32 Å². The molecule has 1 aliphatic rings. The van der Waals surface area contributed by atoms with E-state index in [4.69, 9.17) is 0 Å². The number of hydrogen-bond acceptors (Lipinski definition) is 2. The van der Waals surface area contributed by atoms with Crippen LogP contribution in [0.15, 0.2) is 18.7 Å². The number of halogens is 6. The quantitative estimate of drug-likeness (QED) is 0.476. The van der Waals surface area contributed by atoms with Gasteiger partial charge in [0.05, 0.1) is 0 Å². The minimum atomic E-state index is -1.36. The van der Waals surface area contributed by atoms with E-state index >= 15 is 0 Å². The Kier molecular flexibility index (Phi) is 9.77. The van der Waals surface area contributed by atoms with Crippen LogP contribution in [0.5, 0.6) is 0 Å². The number of nitrogens with zero attached hydrogens (tertiary/aromatic N) is 1. The van der Waals surface area contributed by atoms with Gasteiger partial charge < -0.3 is 5.32 Å². The lowest BCUT2D eigenvalue weighted by Gasteiger charge is -2.35. The fourth-order valence-corrected chi connectivity index (χ4v) is 2.66.